The number of rotatable bonds is 4. The number of likely N-dealkylation sites (N-methyl/N-ethyl adjacent to an activating group) is 1. The van der Waals surface area contributed by atoms with Gasteiger partial charge in [-0.3, -0.25) is 4.90 Å². The quantitative estimate of drug-likeness (QED) is 0.933. The van der Waals surface area contributed by atoms with Crippen LogP contribution in [0, 0.1) is 0 Å². The molecule has 2 aliphatic rings. The molecule has 3 heteroatoms. The van der Waals surface area contributed by atoms with Crippen LogP contribution in [0.25, 0.3) is 16.5 Å². The molecule has 1 aromatic carbocycles. The van der Waals surface area contributed by atoms with E-state index in [1.165, 1.54) is 54.4 Å². The molecular weight excluding hydrogens is 282 g/mol. The van der Waals surface area contributed by atoms with Gasteiger partial charge < -0.3 is 9.88 Å². The zero-order valence-electron chi connectivity index (χ0n) is 14.3. The summed E-state index contributed by atoms with van der Waals surface area (Å²) in [7, 11) is 4.28. The first-order chi connectivity index (χ1) is 11.2. The van der Waals surface area contributed by atoms with E-state index < -0.39 is 0 Å². The van der Waals surface area contributed by atoms with Crippen molar-refractivity contribution >= 4 is 16.5 Å². The van der Waals surface area contributed by atoms with Gasteiger partial charge in [0.05, 0.1) is 0 Å². The maximum Gasteiger partial charge on any atom is 0.0457 e. The Balaban J connectivity index is 1.64. The maximum absolute atomic E-state index is 3.43. The van der Waals surface area contributed by atoms with Crippen molar-refractivity contribution in [2.24, 2.45) is 0 Å². The van der Waals surface area contributed by atoms with E-state index >= 15 is 0 Å². The Hall–Kier alpha value is -1.58. The summed E-state index contributed by atoms with van der Waals surface area (Å²) < 4.78 is 0. The lowest BCUT2D eigenvalue weighted by Crippen LogP contribution is -2.32. The molecule has 1 saturated heterocycles. The summed E-state index contributed by atoms with van der Waals surface area (Å²) in [5.41, 5.74) is 5.68. The second-order valence-electron chi connectivity index (χ2n) is 7.32. The van der Waals surface area contributed by atoms with Gasteiger partial charge in [-0.1, -0.05) is 12.1 Å². The van der Waals surface area contributed by atoms with Gasteiger partial charge in [0.15, 0.2) is 0 Å². The topological polar surface area (TPSA) is 22.3 Å². The highest BCUT2D eigenvalue weighted by Crippen LogP contribution is 2.32. The van der Waals surface area contributed by atoms with Crippen LogP contribution in [0.5, 0.6) is 0 Å². The van der Waals surface area contributed by atoms with E-state index in [4.69, 9.17) is 0 Å². The molecule has 0 saturated carbocycles. The average Bonchev–Trinajstić information content (AvgIpc) is 3.18. The fourth-order valence-corrected chi connectivity index (χ4v) is 4.07. The molecule has 1 atom stereocenters. The molecule has 3 nitrogen and oxygen atoms in total. The van der Waals surface area contributed by atoms with Crippen molar-refractivity contribution in [2.45, 2.75) is 31.7 Å². The number of nitrogens with one attached hydrogen (secondary N) is 1. The Morgan fingerprint density at radius 1 is 1.26 bits per heavy atom. The molecule has 4 rings (SSSR count). The summed E-state index contributed by atoms with van der Waals surface area (Å²) in [6, 6.07) is 7.65. The molecule has 0 amide bonds. The standard InChI is InChI=1S/C20H27N3/c1-22(2)10-7-17-14-21-20-6-5-15(13-19(17)20)16-8-11-23-9-3-4-18(23)12-16/h5-6,12-14,18,21H,3-4,7-11H2,1-2H3/t18-/m1/s1. The van der Waals surface area contributed by atoms with Crippen molar-refractivity contribution in [3.63, 3.8) is 0 Å². The van der Waals surface area contributed by atoms with Crippen LogP contribution in [0.3, 0.4) is 0 Å². The van der Waals surface area contributed by atoms with Gasteiger partial charge in [-0.25, -0.2) is 0 Å². The summed E-state index contributed by atoms with van der Waals surface area (Å²) in [5.74, 6) is 0. The molecule has 0 bridgehead atoms. The fourth-order valence-electron chi connectivity index (χ4n) is 4.07. The maximum atomic E-state index is 3.43. The minimum Gasteiger partial charge on any atom is -0.361 e. The molecule has 1 N–H and O–H groups in total. The number of fused-ring (bicyclic) bond motifs is 2. The van der Waals surface area contributed by atoms with Crippen LogP contribution in [0.1, 0.15) is 30.4 Å². The predicted octanol–water partition coefficient (Wildman–Crippen LogP) is 3.52. The van der Waals surface area contributed by atoms with Gasteiger partial charge in [-0.2, -0.15) is 0 Å². The zero-order valence-corrected chi connectivity index (χ0v) is 14.3. The van der Waals surface area contributed by atoms with Crippen LogP contribution in [-0.4, -0.2) is 54.6 Å². The van der Waals surface area contributed by atoms with Gasteiger partial charge in [0, 0.05) is 36.2 Å². The molecule has 2 aromatic rings. The molecule has 122 valence electrons. The highest BCUT2D eigenvalue weighted by Gasteiger charge is 2.26. The number of benzene rings is 1. The summed E-state index contributed by atoms with van der Waals surface area (Å²) in [5, 5.41) is 1.40. The van der Waals surface area contributed by atoms with E-state index in [1.807, 2.05) is 0 Å². The minimum atomic E-state index is 0.689. The van der Waals surface area contributed by atoms with E-state index in [2.05, 4.69) is 59.4 Å². The van der Waals surface area contributed by atoms with Crippen LogP contribution < -0.4 is 0 Å². The van der Waals surface area contributed by atoms with E-state index in [-0.39, 0.29) is 0 Å². The third-order valence-electron chi connectivity index (χ3n) is 5.44. The van der Waals surface area contributed by atoms with Gasteiger partial charge in [0.1, 0.15) is 0 Å². The van der Waals surface area contributed by atoms with Crippen molar-refractivity contribution < 1.29 is 0 Å². The Morgan fingerprint density at radius 3 is 3.04 bits per heavy atom. The number of aromatic nitrogens is 1. The predicted molar refractivity (Wildman–Crippen MR) is 97.7 cm³/mol. The van der Waals surface area contributed by atoms with Crippen LogP contribution in [0.2, 0.25) is 0 Å². The molecular formula is C20H27N3. The molecule has 1 fully saturated rings. The number of aromatic amines is 1. The SMILES string of the molecule is CN(C)CCc1c[nH]c2ccc(C3=C[C@H]4CCCN4CC3)cc12. The first-order valence-corrected chi connectivity index (χ1v) is 8.90. The Bertz CT molecular complexity index is 726. The molecule has 0 unspecified atom stereocenters. The lowest BCUT2D eigenvalue weighted by atomic mass is 9.94. The summed E-state index contributed by atoms with van der Waals surface area (Å²) in [6.45, 7) is 3.62. The average molecular weight is 309 g/mol. The monoisotopic (exact) mass is 309 g/mol. The van der Waals surface area contributed by atoms with E-state index in [9.17, 15) is 0 Å². The minimum absolute atomic E-state index is 0.689. The summed E-state index contributed by atoms with van der Waals surface area (Å²) >= 11 is 0. The highest BCUT2D eigenvalue weighted by molar-refractivity contribution is 5.87. The van der Waals surface area contributed by atoms with Crippen LogP contribution in [-0.2, 0) is 6.42 Å². The first kappa shape index (κ1) is 15.0. The zero-order chi connectivity index (χ0) is 15.8. The molecule has 0 radical (unpaired) electrons. The lowest BCUT2D eigenvalue weighted by molar-refractivity contribution is 0.288. The molecule has 1 aromatic heterocycles. The number of hydrogen-bond donors (Lipinski definition) is 1. The fraction of sp³-hybridized carbons (Fsp3) is 0.500. The molecule has 0 spiro atoms. The van der Waals surface area contributed by atoms with Crippen molar-refractivity contribution in [3.05, 3.63) is 41.6 Å². The number of nitrogens with zero attached hydrogens (tertiary/aromatic N) is 2. The van der Waals surface area contributed by atoms with Gasteiger partial charge in [0.25, 0.3) is 0 Å². The third-order valence-corrected chi connectivity index (χ3v) is 5.44. The highest BCUT2D eigenvalue weighted by atomic mass is 15.2. The molecule has 2 aliphatic heterocycles. The smallest absolute Gasteiger partial charge is 0.0457 e. The van der Waals surface area contributed by atoms with Crippen molar-refractivity contribution in [1.29, 1.82) is 0 Å². The van der Waals surface area contributed by atoms with Crippen LogP contribution in [0.4, 0.5) is 0 Å². The van der Waals surface area contributed by atoms with Crippen molar-refractivity contribution in [3.8, 4) is 0 Å². The van der Waals surface area contributed by atoms with Gasteiger partial charge in [-0.05, 0) is 75.2 Å². The second-order valence-corrected chi connectivity index (χ2v) is 7.32. The van der Waals surface area contributed by atoms with Gasteiger partial charge in [0.2, 0.25) is 0 Å². The molecule has 23 heavy (non-hydrogen) atoms. The van der Waals surface area contributed by atoms with Crippen molar-refractivity contribution in [1.82, 2.24) is 14.8 Å². The summed E-state index contributed by atoms with van der Waals surface area (Å²) in [6.07, 6.45) is 9.71. The molecule has 3 heterocycles. The number of hydrogen-bond acceptors (Lipinski definition) is 2. The van der Waals surface area contributed by atoms with Crippen LogP contribution in [0.15, 0.2) is 30.5 Å². The van der Waals surface area contributed by atoms with Crippen LogP contribution >= 0.6 is 0 Å². The van der Waals surface area contributed by atoms with E-state index in [0.29, 0.717) is 6.04 Å². The Kier molecular flexibility index (Phi) is 4.00. The van der Waals surface area contributed by atoms with Crippen molar-refractivity contribution in [2.75, 3.05) is 33.7 Å². The van der Waals surface area contributed by atoms with Gasteiger partial charge >= 0.3 is 0 Å². The van der Waals surface area contributed by atoms with Gasteiger partial charge in [-0.15, -0.1) is 0 Å². The molecule has 0 aliphatic carbocycles. The summed E-state index contributed by atoms with van der Waals surface area (Å²) in [4.78, 5) is 8.32. The lowest BCUT2D eigenvalue weighted by Gasteiger charge is -2.28. The third kappa shape index (κ3) is 2.96. The van der Waals surface area contributed by atoms with E-state index in [0.717, 1.165) is 13.0 Å². The normalized spacial score (nSPS) is 21.9. The second kappa shape index (κ2) is 6.14. The first-order valence-electron chi connectivity index (χ1n) is 8.90. The Morgan fingerprint density at radius 2 is 2.17 bits per heavy atom. The van der Waals surface area contributed by atoms with E-state index in [1.54, 1.807) is 5.57 Å². The number of H-pyrrole nitrogens is 1. The Labute approximate surface area is 139 Å². The largest absolute Gasteiger partial charge is 0.361 e.